The molecule has 3 nitrogen and oxygen atoms in total. The summed E-state index contributed by atoms with van der Waals surface area (Å²) < 4.78 is 4.84. The Morgan fingerprint density at radius 2 is 1.93 bits per heavy atom. The quantitative estimate of drug-likeness (QED) is 0.402. The number of rotatable bonds is 3. The monoisotopic (exact) mass is 321 g/mol. The van der Waals surface area contributed by atoms with Crippen molar-refractivity contribution in [1.82, 2.24) is 0 Å². The summed E-state index contributed by atoms with van der Waals surface area (Å²) in [6.45, 7) is 0. The molecule has 14 heavy (non-hydrogen) atoms. The van der Waals surface area contributed by atoms with Crippen LogP contribution in [0.15, 0.2) is 29.4 Å². The van der Waals surface area contributed by atoms with Crippen LogP contribution in [0.1, 0.15) is 5.56 Å². The summed E-state index contributed by atoms with van der Waals surface area (Å²) in [5, 5.41) is 12.0. The number of alkyl halides is 2. The third-order valence-electron chi connectivity index (χ3n) is 1.70. The average Bonchev–Trinajstić information content (AvgIpc) is 2.19. The van der Waals surface area contributed by atoms with Crippen LogP contribution in [-0.2, 0) is 0 Å². The zero-order chi connectivity index (χ0) is 10.6. The molecule has 0 aliphatic rings. The number of methoxy groups -OCH3 is 1. The minimum Gasteiger partial charge on any atom is -0.497 e. The Morgan fingerprint density at radius 1 is 1.36 bits per heavy atom. The van der Waals surface area contributed by atoms with Crippen LogP contribution in [0.4, 0.5) is 0 Å². The smallest absolute Gasteiger partial charge is 0.118 e. The van der Waals surface area contributed by atoms with Gasteiger partial charge in [-0.2, -0.15) is 0 Å². The molecule has 1 aromatic carbocycles. The van der Waals surface area contributed by atoms with Crippen molar-refractivity contribution in [3.8, 4) is 5.75 Å². The van der Waals surface area contributed by atoms with Gasteiger partial charge < -0.3 is 9.94 Å². The van der Waals surface area contributed by atoms with Crippen molar-refractivity contribution in [3.63, 3.8) is 0 Å². The summed E-state index contributed by atoms with van der Waals surface area (Å²) in [6.07, 6.45) is 0. The number of hydrogen-bond acceptors (Lipinski definition) is 3. The van der Waals surface area contributed by atoms with E-state index in [0.29, 0.717) is 5.71 Å². The molecule has 1 N–H and O–H groups in total. The molecule has 76 valence electrons. The maximum absolute atomic E-state index is 8.77. The molecule has 0 fully saturated rings. The highest BCUT2D eigenvalue weighted by Gasteiger charge is 2.11. The van der Waals surface area contributed by atoms with Crippen LogP contribution in [0.3, 0.4) is 0 Å². The van der Waals surface area contributed by atoms with Crippen LogP contribution >= 0.6 is 31.9 Å². The van der Waals surface area contributed by atoms with Crippen molar-refractivity contribution in [3.05, 3.63) is 29.8 Å². The molecule has 0 amide bonds. The lowest BCUT2D eigenvalue weighted by atomic mass is 10.1. The standard InChI is InChI=1S/C9H9Br2NO2/c1-14-7-4-2-6(3-5-7)8(12-13)9(10)11/h2-5,9,13H,1H3/b12-8-. The summed E-state index contributed by atoms with van der Waals surface area (Å²) >= 11 is 6.54. The van der Waals surface area contributed by atoms with Crippen molar-refractivity contribution >= 4 is 37.6 Å². The fourth-order valence-electron chi connectivity index (χ4n) is 0.989. The summed E-state index contributed by atoms with van der Waals surface area (Å²) in [5.74, 6) is 0.770. The first-order valence-corrected chi connectivity index (χ1v) is 5.66. The van der Waals surface area contributed by atoms with Gasteiger partial charge in [0.15, 0.2) is 0 Å². The lowest BCUT2D eigenvalue weighted by Crippen LogP contribution is -2.08. The number of nitrogens with zero attached hydrogens (tertiary/aromatic N) is 1. The SMILES string of the molecule is COc1ccc(/C(=N/O)C(Br)Br)cc1. The predicted molar refractivity (Wildman–Crippen MR) is 63.0 cm³/mol. The lowest BCUT2D eigenvalue weighted by molar-refractivity contribution is 0.319. The molecule has 0 aliphatic carbocycles. The molecule has 0 unspecified atom stereocenters. The van der Waals surface area contributed by atoms with E-state index in [1.807, 2.05) is 24.3 Å². The zero-order valence-corrected chi connectivity index (χ0v) is 10.6. The molecule has 0 radical (unpaired) electrons. The average molecular weight is 323 g/mol. The van der Waals surface area contributed by atoms with Crippen molar-refractivity contribution < 1.29 is 9.94 Å². The summed E-state index contributed by atoms with van der Waals surface area (Å²) in [4.78, 5) is 0. The van der Waals surface area contributed by atoms with Gasteiger partial charge in [-0.3, -0.25) is 0 Å². The minimum atomic E-state index is -0.173. The van der Waals surface area contributed by atoms with E-state index >= 15 is 0 Å². The Kier molecular flexibility index (Phi) is 4.41. The largest absolute Gasteiger partial charge is 0.497 e. The lowest BCUT2D eigenvalue weighted by Gasteiger charge is -2.06. The molecule has 1 aromatic rings. The molecular weight excluding hydrogens is 314 g/mol. The fourth-order valence-corrected chi connectivity index (χ4v) is 1.70. The van der Waals surface area contributed by atoms with E-state index in [0.717, 1.165) is 11.3 Å². The molecule has 0 heterocycles. The van der Waals surface area contributed by atoms with Gasteiger partial charge in [0, 0.05) is 5.56 Å². The molecule has 1 rings (SSSR count). The van der Waals surface area contributed by atoms with Crippen LogP contribution in [-0.4, -0.2) is 21.8 Å². The van der Waals surface area contributed by atoms with Crippen molar-refractivity contribution in [2.24, 2.45) is 5.16 Å². The Morgan fingerprint density at radius 3 is 2.29 bits per heavy atom. The van der Waals surface area contributed by atoms with Crippen molar-refractivity contribution in [2.75, 3.05) is 7.11 Å². The molecule has 0 atom stereocenters. The second kappa shape index (κ2) is 5.36. The van der Waals surface area contributed by atoms with E-state index < -0.39 is 0 Å². The number of hydrogen-bond donors (Lipinski definition) is 1. The molecule has 0 spiro atoms. The highest BCUT2D eigenvalue weighted by molar-refractivity contribution is 9.25. The van der Waals surface area contributed by atoms with Crippen LogP contribution in [0.2, 0.25) is 0 Å². The molecule has 0 saturated carbocycles. The van der Waals surface area contributed by atoms with Gasteiger partial charge in [-0.25, -0.2) is 0 Å². The van der Waals surface area contributed by atoms with Crippen molar-refractivity contribution in [1.29, 1.82) is 0 Å². The topological polar surface area (TPSA) is 41.8 Å². The third kappa shape index (κ3) is 2.72. The van der Waals surface area contributed by atoms with Gasteiger partial charge in [0.2, 0.25) is 0 Å². The van der Waals surface area contributed by atoms with E-state index in [4.69, 9.17) is 9.94 Å². The van der Waals surface area contributed by atoms with Crippen molar-refractivity contribution in [2.45, 2.75) is 3.74 Å². The Hall–Kier alpha value is -0.550. The van der Waals surface area contributed by atoms with Gasteiger partial charge in [-0.15, -0.1) is 0 Å². The number of ether oxygens (including phenoxy) is 1. The van der Waals surface area contributed by atoms with Gasteiger partial charge in [-0.1, -0.05) is 37.0 Å². The highest BCUT2D eigenvalue weighted by Crippen LogP contribution is 2.19. The van der Waals surface area contributed by atoms with Crippen LogP contribution < -0.4 is 4.74 Å². The molecule has 0 bridgehead atoms. The number of oxime groups is 1. The number of benzene rings is 1. The van der Waals surface area contributed by atoms with E-state index in [-0.39, 0.29) is 3.74 Å². The summed E-state index contributed by atoms with van der Waals surface area (Å²) in [6, 6.07) is 7.26. The first kappa shape index (κ1) is 11.5. The highest BCUT2D eigenvalue weighted by atomic mass is 79.9. The Labute approximate surface area is 99.0 Å². The van der Waals surface area contributed by atoms with Gasteiger partial charge in [0.25, 0.3) is 0 Å². The summed E-state index contributed by atoms with van der Waals surface area (Å²) in [7, 11) is 1.60. The molecular formula is C9H9Br2NO2. The van der Waals surface area contributed by atoms with Gasteiger partial charge in [-0.05, 0) is 24.3 Å². The Balaban J connectivity index is 2.96. The maximum atomic E-state index is 8.77. The van der Waals surface area contributed by atoms with E-state index in [1.54, 1.807) is 7.11 Å². The molecule has 0 aliphatic heterocycles. The second-order valence-electron chi connectivity index (χ2n) is 2.51. The van der Waals surface area contributed by atoms with Gasteiger partial charge in [0.1, 0.15) is 15.2 Å². The second-order valence-corrected chi connectivity index (χ2v) is 5.57. The summed E-state index contributed by atoms with van der Waals surface area (Å²) in [5.41, 5.74) is 1.35. The maximum Gasteiger partial charge on any atom is 0.118 e. The fraction of sp³-hybridized carbons (Fsp3) is 0.222. The molecule has 0 aromatic heterocycles. The first-order valence-electron chi connectivity index (χ1n) is 3.83. The van der Waals surface area contributed by atoms with Crippen LogP contribution in [0.25, 0.3) is 0 Å². The van der Waals surface area contributed by atoms with Gasteiger partial charge >= 0.3 is 0 Å². The van der Waals surface area contributed by atoms with Crippen LogP contribution in [0, 0.1) is 0 Å². The van der Waals surface area contributed by atoms with E-state index in [9.17, 15) is 0 Å². The number of halogens is 2. The van der Waals surface area contributed by atoms with E-state index in [1.165, 1.54) is 0 Å². The normalized spacial score (nSPS) is 11.9. The first-order chi connectivity index (χ1) is 6.69. The predicted octanol–water partition coefficient (Wildman–Crippen LogP) is 2.99. The molecule has 5 heteroatoms. The third-order valence-corrected chi connectivity index (χ3v) is 2.57. The Bertz CT molecular complexity index is 322. The van der Waals surface area contributed by atoms with Crippen LogP contribution in [0.5, 0.6) is 5.75 Å². The zero-order valence-electron chi connectivity index (χ0n) is 7.45. The van der Waals surface area contributed by atoms with E-state index in [2.05, 4.69) is 37.0 Å². The molecule has 0 saturated heterocycles. The van der Waals surface area contributed by atoms with Gasteiger partial charge in [0.05, 0.1) is 7.11 Å². The minimum absolute atomic E-state index is 0.173.